The van der Waals surface area contributed by atoms with Crippen molar-refractivity contribution in [1.29, 1.82) is 0 Å². The van der Waals surface area contributed by atoms with Crippen molar-refractivity contribution in [1.82, 2.24) is 9.80 Å². The number of amides is 2. The summed E-state index contributed by atoms with van der Waals surface area (Å²) in [5, 5.41) is 4.00. The number of hydrogen-bond donors (Lipinski definition) is 0. The quantitative estimate of drug-likeness (QED) is 0.448. The Morgan fingerprint density at radius 1 is 1.09 bits per heavy atom. The van der Waals surface area contributed by atoms with E-state index in [2.05, 4.69) is 30.5 Å². The molecule has 0 spiro atoms. The summed E-state index contributed by atoms with van der Waals surface area (Å²) >= 11 is 3.17. The summed E-state index contributed by atoms with van der Waals surface area (Å²) in [4.78, 5) is 32.4. The van der Waals surface area contributed by atoms with Gasteiger partial charge in [0.15, 0.2) is 0 Å². The third-order valence-electron chi connectivity index (χ3n) is 5.89. The summed E-state index contributed by atoms with van der Waals surface area (Å²) in [7, 11) is 1.65. The molecule has 5 nitrogen and oxygen atoms in total. The number of nitrogens with zero attached hydrogens (tertiary/aromatic N) is 2. The summed E-state index contributed by atoms with van der Waals surface area (Å²) in [5.74, 6) is -0.109. The van der Waals surface area contributed by atoms with Gasteiger partial charge in [-0.25, -0.2) is 0 Å². The normalized spacial score (nSPS) is 15.4. The van der Waals surface area contributed by atoms with Crippen LogP contribution in [0, 0.1) is 6.92 Å². The average molecular weight is 469 g/mol. The van der Waals surface area contributed by atoms with Crippen molar-refractivity contribution in [2.45, 2.75) is 25.8 Å². The van der Waals surface area contributed by atoms with E-state index in [9.17, 15) is 9.59 Å². The summed E-state index contributed by atoms with van der Waals surface area (Å²) in [6, 6.07) is 14.0. The van der Waals surface area contributed by atoms with Gasteiger partial charge >= 0.3 is 0 Å². The molecule has 0 saturated heterocycles. The average Bonchev–Trinajstić information content (AvgIpc) is 3.50. The van der Waals surface area contributed by atoms with Crippen LogP contribution in [-0.4, -0.2) is 55.0 Å². The predicted octanol–water partition coefficient (Wildman–Crippen LogP) is 4.77. The van der Waals surface area contributed by atoms with Gasteiger partial charge in [-0.2, -0.15) is 0 Å². The highest BCUT2D eigenvalue weighted by molar-refractivity contribution is 7.12. The minimum Gasteiger partial charge on any atom is -0.385 e. The monoisotopic (exact) mass is 468 g/mol. The number of carbonyl (C=O) groups excluding carboxylic acids is 2. The lowest BCUT2D eigenvalue weighted by molar-refractivity contribution is -0.134. The Morgan fingerprint density at radius 2 is 1.94 bits per heavy atom. The highest BCUT2D eigenvalue weighted by Gasteiger charge is 2.34. The van der Waals surface area contributed by atoms with Gasteiger partial charge in [-0.1, -0.05) is 30.3 Å². The molecule has 0 saturated carbocycles. The third-order valence-corrected chi connectivity index (χ3v) is 7.75. The highest BCUT2D eigenvalue weighted by Crippen LogP contribution is 2.39. The second-order valence-electron chi connectivity index (χ2n) is 7.95. The number of benzene rings is 1. The van der Waals surface area contributed by atoms with Gasteiger partial charge in [-0.15, -0.1) is 22.7 Å². The lowest BCUT2D eigenvalue weighted by Gasteiger charge is -2.38. The first-order valence-corrected chi connectivity index (χ1v) is 12.6. The van der Waals surface area contributed by atoms with Gasteiger partial charge in [0.2, 0.25) is 5.91 Å². The number of rotatable bonds is 8. The standard InChI is InChI=1S/C25H28N2O3S2/c1-18-7-3-4-8-19(18)24-20-11-16-32-21(20)10-13-27(24)23(28)17-26(12-6-14-30-2)25(29)22-9-5-15-31-22/h3-5,7-9,11,15-16,24H,6,10,12-14,17H2,1-2H3. The Labute approximate surface area is 197 Å². The van der Waals surface area contributed by atoms with E-state index in [-0.39, 0.29) is 24.4 Å². The van der Waals surface area contributed by atoms with Gasteiger partial charge in [-0.05, 0) is 59.3 Å². The zero-order chi connectivity index (χ0) is 22.5. The molecule has 0 aliphatic carbocycles. The maximum Gasteiger partial charge on any atom is 0.264 e. The molecule has 3 aromatic rings. The van der Waals surface area contributed by atoms with E-state index in [1.165, 1.54) is 27.3 Å². The van der Waals surface area contributed by atoms with E-state index in [1.54, 1.807) is 23.3 Å². The fraction of sp³-hybridized carbons (Fsp3) is 0.360. The molecular formula is C25H28N2O3S2. The van der Waals surface area contributed by atoms with Gasteiger partial charge in [0.1, 0.15) is 6.54 Å². The molecule has 0 N–H and O–H groups in total. The Bertz CT molecular complexity index is 1060. The second-order valence-corrected chi connectivity index (χ2v) is 9.89. The van der Waals surface area contributed by atoms with Crippen LogP contribution < -0.4 is 0 Å². The Balaban J connectivity index is 1.60. The zero-order valence-electron chi connectivity index (χ0n) is 18.5. The molecule has 0 bridgehead atoms. The molecule has 32 heavy (non-hydrogen) atoms. The van der Waals surface area contributed by atoms with Crippen LogP contribution in [0.25, 0.3) is 0 Å². The number of ether oxygens (including phenoxy) is 1. The number of methoxy groups -OCH3 is 1. The van der Waals surface area contributed by atoms with Crippen molar-refractivity contribution in [3.05, 3.63) is 79.7 Å². The topological polar surface area (TPSA) is 49.9 Å². The number of aryl methyl sites for hydroxylation is 1. The SMILES string of the molecule is COCCCN(CC(=O)N1CCc2sccc2C1c1ccccc1C)C(=O)c1cccs1. The number of thiophene rings is 2. The van der Waals surface area contributed by atoms with E-state index in [0.717, 1.165) is 12.0 Å². The molecule has 4 rings (SSSR count). The van der Waals surface area contributed by atoms with Crippen molar-refractivity contribution in [3.8, 4) is 0 Å². The fourth-order valence-electron chi connectivity index (χ4n) is 4.28. The molecule has 1 aliphatic heterocycles. The van der Waals surface area contributed by atoms with Gasteiger partial charge in [0, 0.05) is 31.7 Å². The molecule has 2 amide bonds. The molecular weight excluding hydrogens is 440 g/mol. The number of hydrogen-bond acceptors (Lipinski definition) is 5. The summed E-state index contributed by atoms with van der Waals surface area (Å²) in [5.41, 5.74) is 3.52. The highest BCUT2D eigenvalue weighted by atomic mass is 32.1. The van der Waals surface area contributed by atoms with Crippen LogP contribution in [0.4, 0.5) is 0 Å². The van der Waals surface area contributed by atoms with Crippen LogP contribution in [0.1, 0.15) is 43.7 Å². The predicted molar refractivity (Wildman–Crippen MR) is 129 cm³/mol. The first-order valence-electron chi connectivity index (χ1n) is 10.8. The minimum absolute atomic E-state index is 0.0163. The summed E-state index contributed by atoms with van der Waals surface area (Å²) in [6.45, 7) is 3.86. The van der Waals surface area contributed by atoms with E-state index in [4.69, 9.17) is 4.74 Å². The van der Waals surface area contributed by atoms with Crippen molar-refractivity contribution >= 4 is 34.5 Å². The first-order chi connectivity index (χ1) is 15.6. The summed E-state index contributed by atoms with van der Waals surface area (Å²) in [6.07, 6.45) is 1.54. The van der Waals surface area contributed by atoms with Crippen LogP contribution in [0.2, 0.25) is 0 Å². The van der Waals surface area contributed by atoms with E-state index in [1.807, 2.05) is 34.5 Å². The third kappa shape index (κ3) is 4.80. The molecule has 1 atom stereocenters. The Morgan fingerprint density at radius 3 is 2.69 bits per heavy atom. The maximum atomic E-state index is 13.6. The van der Waals surface area contributed by atoms with Gasteiger partial charge in [-0.3, -0.25) is 9.59 Å². The first kappa shape index (κ1) is 22.7. The Kier molecular flexibility index (Phi) is 7.40. The fourth-order valence-corrected chi connectivity index (χ4v) is 5.87. The second kappa shape index (κ2) is 10.4. The van der Waals surface area contributed by atoms with Crippen molar-refractivity contribution in [3.63, 3.8) is 0 Å². The van der Waals surface area contributed by atoms with Crippen LogP contribution in [0.5, 0.6) is 0 Å². The maximum absolute atomic E-state index is 13.6. The smallest absolute Gasteiger partial charge is 0.264 e. The van der Waals surface area contributed by atoms with Crippen LogP contribution in [0.3, 0.4) is 0 Å². The minimum atomic E-state index is -0.114. The number of fused-ring (bicyclic) bond motifs is 1. The van der Waals surface area contributed by atoms with Crippen LogP contribution in [0.15, 0.2) is 53.2 Å². The van der Waals surface area contributed by atoms with Gasteiger partial charge in [0.25, 0.3) is 5.91 Å². The van der Waals surface area contributed by atoms with E-state index >= 15 is 0 Å². The van der Waals surface area contributed by atoms with E-state index < -0.39 is 0 Å². The van der Waals surface area contributed by atoms with E-state index in [0.29, 0.717) is 31.0 Å². The van der Waals surface area contributed by atoms with Gasteiger partial charge < -0.3 is 14.5 Å². The van der Waals surface area contributed by atoms with Crippen LogP contribution in [-0.2, 0) is 16.0 Å². The summed E-state index contributed by atoms with van der Waals surface area (Å²) < 4.78 is 5.17. The van der Waals surface area contributed by atoms with Gasteiger partial charge in [0.05, 0.1) is 10.9 Å². The van der Waals surface area contributed by atoms with Crippen LogP contribution >= 0.6 is 22.7 Å². The largest absolute Gasteiger partial charge is 0.385 e. The molecule has 168 valence electrons. The molecule has 3 heterocycles. The Hall–Kier alpha value is -2.48. The lowest BCUT2D eigenvalue weighted by atomic mass is 9.90. The number of carbonyl (C=O) groups is 2. The van der Waals surface area contributed by atoms with Crippen molar-refractivity contribution < 1.29 is 14.3 Å². The molecule has 1 aliphatic rings. The molecule has 1 unspecified atom stereocenters. The molecule has 0 radical (unpaired) electrons. The molecule has 1 aromatic carbocycles. The van der Waals surface area contributed by atoms with Crippen molar-refractivity contribution in [2.75, 3.05) is 33.4 Å². The zero-order valence-corrected chi connectivity index (χ0v) is 20.1. The molecule has 2 aromatic heterocycles. The molecule has 7 heteroatoms. The van der Waals surface area contributed by atoms with Crippen molar-refractivity contribution in [2.24, 2.45) is 0 Å². The lowest BCUT2D eigenvalue weighted by Crippen LogP contribution is -2.47. The molecule has 0 fully saturated rings.